The molecule has 1 N–H and O–H groups in total. The molecule has 0 saturated carbocycles. The number of carbonyl (C=O) groups is 1. The number of carbonyl (C=O) groups excluding carboxylic acids is 1. The highest BCUT2D eigenvalue weighted by Crippen LogP contribution is 2.22. The number of nitrogens with zero attached hydrogens (tertiary/aromatic N) is 1. The normalized spacial score (nSPS) is 14.5. The summed E-state index contributed by atoms with van der Waals surface area (Å²) < 4.78 is 5.87. The van der Waals surface area contributed by atoms with Gasteiger partial charge >= 0.3 is 0 Å². The van der Waals surface area contributed by atoms with Crippen LogP contribution in [0, 0.1) is 0 Å². The molecule has 3 aromatic rings. The van der Waals surface area contributed by atoms with Crippen LogP contribution in [0.5, 0.6) is 0 Å². The minimum atomic E-state index is 0.0463. The molecule has 0 radical (unpaired) electrons. The molecule has 4 heteroatoms. The quantitative estimate of drug-likeness (QED) is 0.565. The Bertz CT molecular complexity index is 925. The molecule has 4 rings (SSSR count). The number of hydrogen-bond acceptors (Lipinski definition) is 3. The average Bonchev–Trinajstić information content (AvgIpc) is 3.28. The van der Waals surface area contributed by atoms with Gasteiger partial charge in [0, 0.05) is 31.5 Å². The van der Waals surface area contributed by atoms with E-state index < -0.39 is 0 Å². The van der Waals surface area contributed by atoms with Crippen molar-refractivity contribution in [3.8, 4) is 11.3 Å². The van der Waals surface area contributed by atoms with Gasteiger partial charge in [0.05, 0.1) is 0 Å². The monoisotopic (exact) mass is 402 g/mol. The number of likely N-dealkylation sites (tertiary alicyclic amines) is 1. The number of furan rings is 1. The van der Waals surface area contributed by atoms with Crippen molar-refractivity contribution in [3.05, 3.63) is 83.6 Å². The molecule has 1 saturated heterocycles. The molecule has 0 atom stereocenters. The predicted octanol–water partition coefficient (Wildman–Crippen LogP) is 5.18. The summed E-state index contributed by atoms with van der Waals surface area (Å²) in [6.07, 6.45) is 5.02. The maximum absolute atomic E-state index is 12.2. The first kappa shape index (κ1) is 20.4. The van der Waals surface area contributed by atoms with Crippen LogP contribution >= 0.6 is 0 Å². The lowest BCUT2D eigenvalue weighted by atomic mass is 10.1. The minimum absolute atomic E-state index is 0.0463. The second-order valence-electron chi connectivity index (χ2n) is 8.06. The van der Waals surface area contributed by atoms with E-state index in [0.717, 1.165) is 29.2 Å². The second kappa shape index (κ2) is 10.3. The molecule has 0 aliphatic carbocycles. The Labute approximate surface area is 178 Å². The Hall–Kier alpha value is -2.85. The van der Waals surface area contributed by atoms with Gasteiger partial charge in [-0.3, -0.25) is 9.69 Å². The van der Waals surface area contributed by atoms with E-state index in [1.54, 1.807) is 0 Å². The zero-order valence-electron chi connectivity index (χ0n) is 17.5. The van der Waals surface area contributed by atoms with Crippen LogP contribution in [-0.2, 0) is 24.3 Å². The largest absolute Gasteiger partial charge is 0.461 e. The van der Waals surface area contributed by atoms with Gasteiger partial charge in [0.1, 0.15) is 11.5 Å². The van der Waals surface area contributed by atoms with Crippen LogP contribution < -0.4 is 5.32 Å². The number of hydrogen-bond donors (Lipinski definition) is 1. The molecule has 0 unspecified atom stereocenters. The van der Waals surface area contributed by atoms with Crippen molar-refractivity contribution < 1.29 is 9.21 Å². The second-order valence-corrected chi connectivity index (χ2v) is 8.06. The molecule has 1 amide bonds. The lowest BCUT2D eigenvalue weighted by Gasteiger charge is -2.26. The molecule has 1 fully saturated rings. The van der Waals surface area contributed by atoms with E-state index in [4.69, 9.17) is 4.42 Å². The Kier molecular flexibility index (Phi) is 6.99. The van der Waals surface area contributed by atoms with E-state index in [1.165, 1.54) is 37.9 Å². The lowest BCUT2D eigenvalue weighted by Crippen LogP contribution is -2.29. The molecule has 30 heavy (non-hydrogen) atoms. The van der Waals surface area contributed by atoms with Crippen molar-refractivity contribution in [3.63, 3.8) is 0 Å². The molecule has 2 aromatic carbocycles. The van der Waals surface area contributed by atoms with Gasteiger partial charge < -0.3 is 9.73 Å². The highest BCUT2D eigenvalue weighted by molar-refractivity contribution is 5.76. The van der Waals surface area contributed by atoms with Crippen molar-refractivity contribution in [2.45, 2.75) is 45.2 Å². The number of aryl methyl sites for hydroxylation is 1. The highest BCUT2D eigenvalue weighted by atomic mass is 16.3. The van der Waals surface area contributed by atoms with Gasteiger partial charge in [0.15, 0.2) is 0 Å². The van der Waals surface area contributed by atoms with Crippen molar-refractivity contribution in [2.24, 2.45) is 0 Å². The fraction of sp³-hybridized carbons (Fsp3) is 0.346. The van der Waals surface area contributed by atoms with Crippen LogP contribution in [0.3, 0.4) is 0 Å². The van der Waals surface area contributed by atoms with Crippen molar-refractivity contribution in [1.82, 2.24) is 10.2 Å². The third kappa shape index (κ3) is 5.83. The fourth-order valence-electron chi connectivity index (χ4n) is 3.93. The van der Waals surface area contributed by atoms with E-state index in [1.807, 2.05) is 42.5 Å². The maximum Gasteiger partial charge on any atom is 0.220 e. The Morgan fingerprint density at radius 2 is 1.60 bits per heavy atom. The van der Waals surface area contributed by atoms with Crippen LogP contribution in [0.4, 0.5) is 0 Å². The van der Waals surface area contributed by atoms with Crippen LogP contribution in [0.15, 0.2) is 71.1 Å². The number of nitrogens with one attached hydrogen (secondary N) is 1. The fourth-order valence-corrected chi connectivity index (χ4v) is 3.93. The van der Waals surface area contributed by atoms with Gasteiger partial charge in [-0.05, 0) is 49.2 Å². The summed E-state index contributed by atoms with van der Waals surface area (Å²) in [6, 6.07) is 22.5. The topological polar surface area (TPSA) is 45.5 Å². The molecule has 0 bridgehead atoms. The number of piperidine rings is 1. The van der Waals surface area contributed by atoms with Crippen molar-refractivity contribution in [1.29, 1.82) is 0 Å². The van der Waals surface area contributed by atoms with Crippen LogP contribution in [0.25, 0.3) is 11.3 Å². The van der Waals surface area contributed by atoms with Gasteiger partial charge in [0.25, 0.3) is 0 Å². The van der Waals surface area contributed by atoms with Crippen LogP contribution in [-0.4, -0.2) is 23.9 Å². The average molecular weight is 403 g/mol. The van der Waals surface area contributed by atoms with Crippen LogP contribution in [0.1, 0.15) is 42.6 Å². The third-order valence-corrected chi connectivity index (χ3v) is 5.69. The molecule has 2 heterocycles. The molecule has 1 aliphatic rings. The smallest absolute Gasteiger partial charge is 0.220 e. The predicted molar refractivity (Wildman–Crippen MR) is 120 cm³/mol. The highest BCUT2D eigenvalue weighted by Gasteiger charge is 2.11. The van der Waals surface area contributed by atoms with Gasteiger partial charge in [0.2, 0.25) is 5.91 Å². The summed E-state index contributed by atoms with van der Waals surface area (Å²) in [5.41, 5.74) is 3.53. The van der Waals surface area contributed by atoms with Gasteiger partial charge in [-0.2, -0.15) is 0 Å². The third-order valence-electron chi connectivity index (χ3n) is 5.69. The van der Waals surface area contributed by atoms with E-state index >= 15 is 0 Å². The SMILES string of the molecule is O=C(CCc1ccc(-c2ccccc2)o1)NCc1ccc(CN2CCCCC2)cc1. The van der Waals surface area contributed by atoms with E-state index in [2.05, 4.69) is 34.5 Å². The summed E-state index contributed by atoms with van der Waals surface area (Å²) in [4.78, 5) is 14.8. The van der Waals surface area contributed by atoms with E-state index in [-0.39, 0.29) is 5.91 Å². The first-order valence-electron chi connectivity index (χ1n) is 11.0. The summed E-state index contributed by atoms with van der Waals surface area (Å²) in [5.74, 6) is 1.73. The van der Waals surface area contributed by atoms with Crippen molar-refractivity contribution in [2.75, 3.05) is 13.1 Å². The number of benzene rings is 2. The summed E-state index contributed by atoms with van der Waals surface area (Å²) in [5, 5.41) is 3.02. The van der Waals surface area contributed by atoms with Crippen molar-refractivity contribution >= 4 is 5.91 Å². The number of rotatable bonds is 8. The molecule has 156 valence electrons. The molecule has 1 aromatic heterocycles. The molecule has 0 spiro atoms. The zero-order chi connectivity index (χ0) is 20.6. The summed E-state index contributed by atoms with van der Waals surface area (Å²) >= 11 is 0. The van der Waals surface area contributed by atoms with Crippen LogP contribution in [0.2, 0.25) is 0 Å². The Morgan fingerprint density at radius 3 is 2.37 bits per heavy atom. The Morgan fingerprint density at radius 1 is 0.867 bits per heavy atom. The standard InChI is InChI=1S/C26H30N2O2/c29-26(16-14-24-13-15-25(30-24)23-7-3-1-4-8-23)27-19-21-9-11-22(12-10-21)20-28-17-5-2-6-18-28/h1,3-4,7-13,15H,2,5-6,14,16-20H2,(H,27,29). The molecule has 1 aliphatic heterocycles. The first-order chi connectivity index (χ1) is 14.8. The lowest BCUT2D eigenvalue weighted by molar-refractivity contribution is -0.121. The first-order valence-corrected chi connectivity index (χ1v) is 11.0. The molecule has 4 nitrogen and oxygen atoms in total. The van der Waals surface area contributed by atoms with E-state index in [9.17, 15) is 4.79 Å². The maximum atomic E-state index is 12.2. The zero-order valence-corrected chi connectivity index (χ0v) is 17.5. The van der Waals surface area contributed by atoms with Gasteiger partial charge in [-0.15, -0.1) is 0 Å². The summed E-state index contributed by atoms with van der Waals surface area (Å²) in [7, 11) is 0. The Balaban J connectivity index is 1.20. The summed E-state index contributed by atoms with van der Waals surface area (Å²) in [6.45, 7) is 4.01. The van der Waals surface area contributed by atoms with Gasteiger partial charge in [-0.25, -0.2) is 0 Å². The molecular weight excluding hydrogens is 372 g/mol. The number of amides is 1. The van der Waals surface area contributed by atoms with Gasteiger partial charge in [-0.1, -0.05) is 61.0 Å². The van der Waals surface area contributed by atoms with E-state index in [0.29, 0.717) is 19.4 Å². The molecular formula is C26H30N2O2. The minimum Gasteiger partial charge on any atom is -0.461 e.